The van der Waals surface area contributed by atoms with E-state index in [9.17, 15) is 19.2 Å². The number of hydrogen-bond acceptors (Lipinski definition) is 11. The predicted molar refractivity (Wildman–Crippen MR) is 262 cm³/mol. The topological polar surface area (TPSA) is 167 Å². The van der Waals surface area contributed by atoms with E-state index in [0.717, 1.165) is 148 Å². The second-order valence-electron chi connectivity index (χ2n) is 19.6. The molecule has 0 radical (unpaired) electrons. The number of likely N-dealkylation sites (tertiary alicyclic amines) is 2. The maximum Gasteiger partial charge on any atom is 0.420 e. The fourth-order valence-corrected chi connectivity index (χ4v) is 11.3. The minimum Gasteiger partial charge on any atom is -0.408 e. The molecule has 16 nitrogen and oxygen atoms in total. The normalized spacial score (nSPS) is 19.6. The van der Waals surface area contributed by atoms with E-state index in [-0.39, 0.29) is 24.7 Å². The van der Waals surface area contributed by atoms with E-state index in [4.69, 9.17) is 19.1 Å². The number of rotatable bonds is 12. The third-order valence-corrected chi connectivity index (χ3v) is 15.2. The van der Waals surface area contributed by atoms with Crippen LogP contribution in [0, 0.1) is 5.92 Å². The number of aromatic nitrogens is 5. The summed E-state index contributed by atoms with van der Waals surface area (Å²) in [5.41, 5.74) is 10.6. The average Bonchev–Trinajstić information content (AvgIpc) is 4.03. The van der Waals surface area contributed by atoms with E-state index in [0.29, 0.717) is 29.5 Å². The summed E-state index contributed by atoms with van der Waals surface area (Å²) in [6.07, 6.45) is 6.57. The number of hydrogen-bond donors (Lipinski definition) is 2. The number of ether oxygens (including phenoxy) is 1. The summed E-state index contributed by atoms with van der Waals surface area (Å²) in [5, 5.41) is 3.48. The molecule has 1 atom stereocenters. The number of pyridine rings is 1. The van der Waals surface area contributed by atoms with Crippen LogP contribution in [0.5, 0.6) is 0 Å². The summed E-state index contributed by atoms with van der Waals surface area (Å²) >= 11 is 0. The van der Waals surface area contributed by atoms with Gasteiger partial charge in [0.05, 0.1) is 16.6 Å². The lowest BCUT2D eigenvalue weighted by molar-refractivity contribution is -0.135. The number of piperazine rings is 1. The lowest BCUT2D eigenvalue weighted by atomic mass is 9.88. The van der Waals surface area contributed by atoms with Gasteiger partial charge in [0.2, 0.25) is 11.8 Å². The van der Waals surface area contributed by atoms with Crippen molar-refractivity contribution < 1.29 is 23.5 Å². The Hall–Kier alpha value is -6.46. The fraction of sp³-hybridized carbons (Fsp3) is 0.434. The molecule has 69 heavy (non-hydrogen) atoms. The van der Waals surface area contributed by atoms with Crippen molar-refractivity contribution in [1.29, 1.82) is 0 Å². The molecule has 16 heteroatoms. The number of aryl methyl sites for hydroxylation is 1. The maximum absolute atomic E-state index is 13.7. The molecule has 1 unspecified atom stereocenters. The highest BCUT2D eigenvalue weighted by molar-refractivity contribution is 6.00. The summed E-state index contributed by atoms with van der Waals surface area (Å²) in [6.45, 7) is 10.6. The molecule has 7 aromatic rings. The number of carbonyl (C=O) groups is 3. The first-order chi connectivity index (χ1) is 33.6. The second kappa shape index (κ2) is 19.1. The fourth-order valence-electron chi connectivity index (χ4n) is 11.3. The molecule has 4 aromatic heterocycles. The highest BCUT2D eigenvalue weighted by Crippen LogP contribution is 2.34. The van der Waals surface area contributed by atoms with Crippen molar-refractivity contribution in [3.8, 4) is 11.1 Å². The van der Waals surface area contributed by atoms with Crippen LogP contribution in [0.4, 0.5) is 0 Å². The number of oxazole rings is 1. The van der Waals surface area contributed by atoms with Crippen LogP contribution in [0.15, 0.2) is 88.2 Å². The number of imide groups is 1. The predicted octanol–water partition coefficient (Wildman–Crippen LogP) is 6.20. The quantitative estimate of drug-likeness (QED) is 0.134. The van der Waals surface area contributed by atoms with E-state index >= 15 is 0 Å². The largest absolute Gasteiger partial charge is 0.420 e. The van der Waals surface area contributed by atoms with Crippen LogP contribution in [0.1, 0.15) is 83.5 Å². The van der Waals surface area contributed by atoms with Gasteiger partial charge in [-0.2, -0.15) is 0 Å². The first kappa shape index (κ1) is 45.0. The van der Waals surface area contributed by atoms with Crippen molar-refractivity contribution in [1.82, 2.24) is 49.0 Å². The van der Waals surface area contributed by atoms with Gasteiger partial charge in [-0.05, 0) is 128 Å². The van der Waals surface area contributed by atoms with Gasteiger partial charge in [-0.3, -0.25) is 34.1 Å². The molecule has 3 amide bonds. The zero-order valence-electron chi connectivity index (χ0n) is 39.5. The van der Waals surface area contributed by atoms with Crippen LogP contribution in [-0.2, 0) is 41.1 Å². The molecular formula is C53H60N10O6. The standard InChI is InChI=1S/C53H60N10O6/c1-58-40(29-42-41(13-18-54-50(42)58)39-8-9-43-44(28-39)56-48(55-43)33-68-2)32-59-19-16-37(17-20-59)36-4-6-38(7-5-36)52(66)62-21-14-34(15-22-62)30-60-23-25-61(26-24-60)31-35-3-10-45-47(27-35)69-53(67)63(45)46-11-12-49(64)57-51(46)65/h3-10,13,18,27-29,34,37,46H,11-12,14-17,19-26,30-33H2,1-2H3,(H,55,56)(H,57,64,65). The Morgan fingerprint density at radius 1 is 0.812 bits per heavy atom. The minimum absolute atomic E-state index is 0.138. The van der Waals surface area contributed by atoms with E-state index < -0.39 is 17.7 Å². The molecule has 4 aliphatic rings. The highest BCUT2D eigenvalue weighted by Gasteiger charge is 2.32. The van der Waals surface area contributed by atoms with Crippen LogP contribution < -0.4 is 11.1 Å². The number of aromatic amines is 1. The average molecular weight is 933 g/mol. The van der Waals surface area contributed by atoms with Gasteiger partial charge in [0.15, 0.2) is 5.58 Å². The van der Waals surface area contributed by atoms with Crippen LogP contribution in [0.25, 0.3) is 44.3 Å². The van der Waals surface area contributed by atoms with Crippen LogP contribution in [-0.4, -0.2) is 127 Å². The number of carbonyl (C=O) groups excluding carboxylic acids is 3. The Bertz CT molecular complexity index is 3090. The first-order valence-corrected chi connectivity index (χ1v) is 24.6. The molecule has 4 saturated heterocycles. The number of nitrogens with zero attached hydrogens (tertiary/aromatic N) is 8. The first-order valence-electron chi connectivity index (χ1n) is 24.6. The van der Waals surface area contributed by atoms with E-state index in [1.54, 1.807) is 7.11 Å². The number of nitrogens with one attached hydrogen (secondary N) is 2. The monoisotopic (exact) mass is 932 g/mol. The number of piperidine rings is 3. The van der Waals surface area contributed by atoms with Crippen LogP contribution in [0.2, 0.25) is 0 Å². The van der Waals surface area contributed by atoms with E-state index in [2.05, 4.69) is 79.1 Å². The van der Waals surface area contributed by atoms with Crippen molar-refractivity contribution >= 4 is 50.9 Å². The summed E-state index contributed by atoms with van der Waals surface area (Å²) in [4.78, 5) is 73.0. The van der Waals surface area contributed by atoms with Gasteiger partial charge < -0.3 is 28.5 Å². The molecule has 0 aliphatic carbocycles. The lowest BCUT2D eigenvalue weighted by Gasteiger charge is -2.39. The Labute approximate surface area is 400 Å². The molecule has 4 fully saturated rings. The Morgan fingerprint density at radius 3 is 2.35 bits per heavy atom. The van der Waals surface area contributed by atoms with Crippen molar-refractivity contribution in [2.45, 2.75) is 70.2 Å². The third-order valence-electron chi connectivity index (χ3n) is 15.2. The number of amides is 3. The smallest absolute Gasteiger partial charge is 0.408 e. The Morgan fingerprint density at radius 2 is 1.58 bits per heavy atom. The molecule has 2 N–H and O–H groups in total. The van der Waals surface area contributed by atoms with Crippen LogP contribution >= 0.6 is 0 Å². The molecule has 0 bridgehead atoms. The Kier molecular flexibility index (Phi) is 12.5. The second-order valence-corrected chi connectivity index (χ2v) is 19.6. The van der Waals surface area contributed by atoms with Crippen LogP contribution in [0.3, 0.4) is 0 Å². The summed E-state index contributed by atoms with van der Waals surface area (Å²) in [5.74, 6) is 0.634. The van der Waals surface area contributed by atoms with Gasteiger partial charge in [0.25, 0.3) is 5.91 Å². The summed E-state index contributed by atoms with van der Waals surface area (Å²) in [7, 11) is 3.80. The van der Waals surface area contributed by atoms with Crippen molar-refractivity contribution in [3.63, 3.8) is 0 Å². The van der Waals surface area contributed by atoms with E-state index in [1.165, 1.54) is 15.8 Å². The summed E-state index contributed by atoms with van der Waals surface area (Å²) in [6, 6.07) is 24.2. The summed E-state index contributed by atoms with van der Waals surface area (Å²) < 4.78 is 14.4. The number of imidazole rings is 1. The molecule has 358 valence electrons. The van der Waals surface area contributed by atoms with Crippen molar-refractivity contribution in [3.05, 3.63) is 118 Å². The van der Waals surface area contributed by atoms with E-state index in [1.807, 2.05) is 41.4 Å². The number of benzene rings is 3. The van der Waals surface area contributed by atoms with Crippen molar-refractivity contribution in [2.24, 2.45) is 13.0 Å². The van der Waals surface area contributed by atoms with Gasteiger partial charge in [-0.25, -0.2) is 14.8 Å². The molecule has 0 saturated carbocycles. The molecule has 4 aliphatic heterocycles. The molecule has 11 rings (SSSR count). The van der Waals surface area contributed by atoms with Gasteiger partial charge in [0, 0.05) is 102 Å². The molecule has 0 spiro atoms. The number of methoxy groups -OCH3 is 1. The minimum atomic E-state index is -0.751. The molecule has 8 heterocycles. The highest BCUT2D eigenvalue weighted by atomic mass is 16.5. The third kappa shape index (κ3) is 9.25. The zero-order chi connectivity index (χ0) is 47.2. The number of H-pyrrole nitrogens is 1. The molecule has 3 aromatic carbocycles. The number of fused-ring (bicyclic) bond motifs is 3. The Balaban J connectivity index is 0.623. The van der Waals surface area contributed by atoms with Gasteiger partial charge in [-0.15, -0.1) is 0 Å². The molecular weight excluding hydrogens is 873 g/mol. The van der Waals surface area contributed by atoms with Gasteiger partial charge in [-0.1, -0.05) is 24.3 Å². The maximum atomic E-state index is 13.7. The SMILES string of the molecule is COCc1nc2cc(-c3ccnc4c3cc(CN3CCC(c5ccc(C(=O)N6CCC(CN7CCN(Cc8ccc9c(c8)oc(=O)n9C8CCC(=O)NC8=O)CC7)CC6)cc5)CC3)n4C)ccc2[nH]1. The van der Waals surface area contributed by atoms with Gasteiger partial charge in [0.1, 0.15) is 24.1 Å². The zero-order valence-corrected chi connectivity index (χ0v) is 39.5. The lowest BCUT2D eigenvalue weighted by Crippen LogP contribution is -2.48. The van der Waals surface area contributed by atoms with Crippen molar-refractivity contribution in [2.75, 3.05) is 66.0 Å². The van der Waals surface area contributed by atoms with Gasteiger partial charge >= 0.3 is 5.76 Å².